The van der Waals surface area contributed by atoms with E-state index in [9.17, 15) is 18.0 Å². The van der Waals surface area contributed by atoms with Crippen molar-refractivity contribution in [3.05, 3.63) is 29.8 Å². The minimum Gasteiger partial charge on any atom is -0.355 e. The Balaban J connectivity index is 1.77. The molecule has 1 atom stereocenters. The number of hydrogen-bond acceptors (Lipinski definition) is 5. The lowest BCUT2D eigenvalue weighted by atomic mass is 9.99. The van der Waals surface area contributed by atoms with Gasteiger partial charge in [0.1, 0.15) is 10.9 Å². The molecule has 2 heterocycles. The van der Waals surface area contributed by atoms with Crippen LogP contribution in [0.5, 0.6) is 0 Å². The fourth-order valence-corrected chi connectivity index (χ4v) is 4.58. The topological polar surface area (TPSA) is 108 Å². The molecule has 9 heteroatoms. The number of nitrogens with one attached hydrogen (secondary N) is 2. The fraction of sp³-hybridized carbons (Fsp3) is 0.500. The molecule has 3 rings (SSSR count). The van der Waals surface area contributed by atoms with Gasteiger partial charge in [0.25, 0.3) is 10.0 Å². The zero-order chi connectivity index (χ0) is 19.4. The summed E-state index contributed by atoms with van der Waals surface area (Å²) in [5.74, 6) is -0.203. The lowest BCUT2D eigenvalue weighted by Gasteiger charge is -2.36. The molecule has 1 saturated heterocycles. The Kier molecular flexibility index (Phi) is 5.79. The number of fused-ring (bicyclic) bond motifs is 1. The van der Waals surface area contributed by atoms with E-state index in [-0.39, 0.29) is 23.3 Å². The maximum Gasteiger partial charge on any atom is 0.285 e. The van der Waals surface area contributed by atoms with Crippen molar-refractivity contribution in [3.63, 3.8) is 0 Å². The van der Waals surface area contributed by atoms with Gasteiger partial charge in [0.15, 0.2) is 5.84 Å². The molecule has 8 nitrogen and oxygen atoms in total. The van der Waals surface area contributed by atoms with E-state index in [1.807, 2.05) is 6.92 Å². The van der Waals surface area contributed by atoms with Crippen LogP contribution in [0.3, 0.4) is 0 Å². The van der Waals surface area contributed by atoms with E-state index in [1.54, 1.807) is 23.1 Å². The number of carbonyl (C=O) groups excluding carboxylic acids is 2. The molecule has 2 amide bonds. The highest BCUT2D eigenvalue weighted by Gasteiger charge is 2.37. The highest BCUT2D eigenvalue weighted by Crippen LogP contribution is 2.30. The van der Waals surface area contributed by atoms with Gasteiger partial charge in [-0.25, -0.2) is 0 Å². The van der Waals surface area contributed by atoms with Crippen LogP contribution in [0.1, 0.15) is 38.2 Å². The summed E-state index contributed by atoms with van der Waals surface area (Å²) >= 11 is 0. The molecule has 0 bridgehead atoms. The van der Waals surface area contributed by atoms with Gasteiger partial charge in [-0.2, -0.15) is 8.42 Å². The predicted octanol–water partition coefficient (Wildman–Crippen LogP) is 0.632. The molecule has 0 radical (unpaired) electrons. The maximum atomic E-state index is 12.7. The van der Waals surface area contributed by atoms with Crippen molar-refractivity contribution in [2.45, 2.75) is 43.5 Å². The third kappa shape index (κ3) is 4.13. The second kappa shape index (κ2) is 8.08. The zero-order valence-electron chi connectivity index (χ0n) is 15.3. The zero-order valence-corrected chi connectivity index (χ0v) is 16.1. The number of rotatable bonds is 5. The number of piperidine rings is 1. The molecule has 0 saturated carbocycles. The Morgan fingerprint density at radius 1 is 1.22 bits per heavy atom. The minimum atomic E-state index is -3.74. The second-order valence-electron chi connectivity index (χ2n) is 6.66. The highest BCUT2D eigenvalue weighted by molar-refractivity contribution is 7.90. The molecule has 2 aliphatic rings. The van der Waals surface area contributed by atoms with Gasteiger partial charge in [-0.15, -0.1) is 4.40 Å². The molecule has 146 valence electrons. The van der Waals surface area contributed by atoms with Gasteiger partial charge in [0.2, 0.25) is 11.8 Å². The summed E-state index contributed by atoms with van der Waals surface area (Å²) in [6.45, 7) is 2.97. The summed E-state index contributed by atoms with van der Waals surface area (Å²) in [6, 6.07) is 6.10. The molecule has 0 unspecified atom stereocenters. The first-order valence-corrected chi connectivity index (χ1v) is 10.6. The lowest BCUT2D eigenvalue weighted by Crippen LogP contribution is -2.53. The molecule has 0 aromatic heterocycles. The van der Waals surface area contributed by atoms with Crippen LogP contribution >= 0.6 is 0 Å². The fourth-order valence-electron chi connectivity index (χ4n) is 3.37. The van der Waals surface area contributed by atoms with Gasteiger partial charge in [0.05, 0.1) is 6.54 Å². The largest absolute Gasteiger partial charge is 0.355 e. The molecular weight excluding hydrogens is 368 g/mol. The molecule has 27 heavy (non-hydrogen) atoms. The average molecular weight is 392 g/mol. The third-order valence-electron chi connectivity index (χ3n) is 4.69. The highest BCUT2D eigenvalue weighted by atomic mass is 32.2. The number of benzene rings is 1. The molecular formula is C18H24N4O4S. The van der Waals surface area contributed by atoms with Crippen LogP contribution in [-0.2, 0) is 19.6 Å². The lowest BCUT2D eigenvalue weighted by molar-refractivity contribution is -0.129. The maximum absolute atomic E-state index is 12.7. The van der Waals surface area contributed by atoms with Crippen LogP contribution in [0, 0.1) is 0 Å². The molecule has 2 aliphatic heterocycles. The normalized spacial score (nSPS) is 20.6. The van der Waals surface area contributed by atoms with Gasteiger partial charge in [-0.05, 0) is 37.8 Å². The van der Waals surface area contributed by atoms with Crippen molar-refractivity contribution >= 4 is 27.7 Å². The number of carbonyl (C=O) groups is 2. The molecule has 1 fully saturated rings. The van der Waals surface area contributed by atoms with Gasteiger partial charge >= 0.3 is 0 Å². The summed E-state index contributed by atoms with van der Waals surface area (Å²) in [5, 5.41) is 5.37. The van der Waals surface area contributed by atoms with Crippen LogP contribution in [0.15, 0.2) is 33.6 Å². The summed E-state index contributed by atoms with van der Waals surface area (Å²) < 4.78 is 28.6. The Morgan fingerprint density at radius 2 is 2.00 bits per heavy atom. The summed E-state index contributed by atoms with van der Waals surface area (Å²) in [7, 11) is -3.74. The Hall–Kier alpha value is -2.42. The molecule has 1 aromatic rings. The number of amides is 2. The van der Waals surface area contributed by atoms with Gasteiger partial charge < -0.3 is 15.5 Å². The molecule has 2 N–H and O–H groups in total. The summed E-state index contributed by atoms with van der Waals surface area (Å²) in [5.41, 5.74) is 0.526. The smallest absolute Gasteiger partial charge is 0.285 e. The summed E-state index contributed by atoms with van der Waals surface area (Å²) in [4.78, 5) is 26.3. The quantitative estimate of drug-likeness (QED) is 0.764. The predicted molar refractivity (Wildman–Crippen MR) is 101 cm³/mol. The number of sulfonamides is 1. The standard InChI is InChI=1S/C18H24N4O4S/c1-2-10-19-16(23)12-20-18(24)14-8-5-6-11-22(14)17-13-7-3-4-9-15(13)27(25,26)21-17/h3-4,7,9,14H,2,5-6,8,10-12H2,1H3,(H,19,23)(H,20,24)/t14-/m1/s1. The van der Waals surface area contributed by atoms with Crippen LogP contribution in [0.25, 0.3) is 0 Å². The van der Waals surface area contributed by atoms with E-state index < -0.39 is 16.1 Å². The Morgan fingerprint density at radius 3 is 2.78 bits per heavy atom. The second-order valence-corrected chi connectivity index (χ2v) is 8.23. The molecule has 0 spiro atoms. The van der Waals surface area contributed by atoms with Gasteiger partial charge in [0, 0.05) is 18.7 Å². The Labute approximate surface area is 159 Å². The number of amidine groups is 1. The molecule has 0 aliphatic carbocycles. The van der Waals surface area contributed by atoms with Crippen molar-refractivity contribution < 1.29 is 18.0 Å². The van der Waals surface area contributed by atoms with E-state index in [4.69, 9.17) is 0 Å². The van der Waals surface area contributed by atoms with Gasteiger partial charge in [-0.1, -0.05) is 19.1 Å². The first-order chi connectivity index (χ1) is 12.9. The van der Waals surface area contributed by atoms with E-state index in [2.05, 4.69) is 15.0 Å². The molecule has 1 aromatic carbocycles. The van der Waals surface area contributed by atoms with Crippen molar-refractivity contribution in [1.82, 2.24) is 15.5 Å². The first-order valence-electron chi connectivity index (χ1n) is 9.19. The van der Waals surface area contributed by atoms with Crippen LogP contribution in [-0.4, -0.2) is 56.6 Å². The number of likely N-dealkylation sites (tertiary alicyclic amines) is 1. The van der Waals surface area contributed by atoms with E-state index >= 15 is 0 Å². The average Bonchev–Trinajstić information content (AvgIpc) is 2.95. The van der Waals surface area contributed by atoms with Crippen LogP contribution < -0.4 is 10.6 Å². The van der Waals surface area contributed by atoms with Crippen LogP contribution in [0.2, 0.25) is 0 Å². The van der Waals surface area contributed by atoms with E-state index in [0.29, 0.717) is 30.9 Å². The summed E-state index contributed by atoms with van der Waals surface area (Å²) in [6.07, 6.45) is 3.12. The van der Waals surface area contributed by atoms with Gasteiger partial charge in [-0.3, -0.25) is 9.59 Å². The third-order valence-corrected chi connectivity index (χ3v) is 6.01. The monoisotopic (exact) mass is 392 g/mol. The van der Waals surface area contributed by atoms with Crippen molar-refractivity contribution in [1.29, 1.82) is 0 Å². The SMILES string of the molecule is CCCNC(=O)CNC(=O)[C@H]1CCCCN1C1=NS(=O)(=O)c2ccccc21. The minimum absolute atomic E-state index is 0.0927. The van der Waals surface area contributed by atoms with Crippen molar-refractivity contribution in [3.8, 4) is 0 Å². The Bertz CT molecular complexity index is 866. The van der Waals surface area contributed by atoms with Crippen molar-refractivity contribution in [2.75, 3.05) is 19.6 Å². The number of hydrogen-bond donors (Lipinski definition) is 2. The van der Waals surface area contributed by atoms with Crippen molar-refractivity contribution in [2.24, 2.45) is 4.40 Å². The van der Waals surface area contributed by atoms with Crippen LogP contribution in [0.4, 0.5) is 0 Å². The van der Waals surface area contributed by atoms with E-state index in [1.165, 1.54) is 6.07 Å². The number of nitrogens with zero attached hydrogens (tertiary/aromatic N) is 2. The first kappa shape index (κ1) is 19.3. The van der Waals surface area contributed by atoms with E-state index in [0.717, 1.165) is 19.3 Å².